The highest BCUT2D eigenvalue weighted by atomic mass is 16.2. The fourth-order valence-electron chi connectivity index (χ4n) is 2.71. The summed E-state index contributed by atoms with van der Waals surface area (Å²) in [5, 5.41) is 20.4. The van der Waals surface area contributed by atoms with Crippen LogP contribution in [0.3, 0.4) is 0 Å². The Bertz CT molecular complexity index is 685. The standard InChI is InChI=1S/C19H23N5O/c1-15(2)11-19(25)24-9-7-23(8-10-24)18-5-3-17(4-6-18)22-14-16(12-20)13-21/h3-6,14-15,22H,7-11H2,1-2H3. The molecule has 0 aromatic heterocycles. The zero-order valence-electron chi connectivity index (χ0n) is 14.7. The molecular formula is C19H23N5O. The molecule has 25 heavy (non-hydrogen) atoms. The molecule has 0 bridgehead atoms. The summed E-state index contributed by atoms with van der Waals surface area (Å²) in [7, 11) is 0. The highest BCUT2D eigenvalue weighted by Crippen LogP contribution is 2.20. The van der Waals surface area contributed by atoms with Gasteiger partial charge in [0.15, 0.2) is 0 Å². The maximum atomic E-state index is 12.1. The number of amides is 1. The molecule has 0 radical (unpaired) electrons. The Morgan fingerprint density at radius 1 is 1.16 bits per heavy atom. The molecule has 0 atom stereocenters. The first kappa shape index (κ1) is 18.4. The number of benzene rings is 1. The summed E-state index contributed by atoms with van der Waals surface area (Å²) in [5.41, 5.74) is 1.95. The molecule has 1 aromatic carbocycles. The van der Waals surface area contributed by atoms with E-state index in [1.54, 1.807) is 0 Å². The average Bonchev–Trinajstić information content (AvgIpc) is 2.62. The van der Waals surface area contributed by atoms with Gasteiger partial charge in [-0.1, -0.05) is 13.8 Å². The average molecular weight is 337 g/mol. The Morgan fingerprint density at radius 2 is 1.76 bits per heavy atom. The van der Waals surface area contributed by atoms with Gasteiger partial charge in [-0.2, -0.15) is 10.5 Å². The summed E-state index contributed by atoms with van der Waals surface area (Å²) >= 11 is 0. The molecular weight excluding hydrogens is 314 g/mol. The highest BCUT2D eigenvalue weighted by Gasteiger charge is 2.21. The summed E-state index contributed by atoms with van der Waals surface area (Å²) in [6.07, 6.45) is 2.01. The van der Waals surface area contributed by atoms with Gasteiger partial charge in [-0.05, 0) is 30.2 Å². The third-order valence-electron chi connectivity index (χ3n) is 4.07. The van der Waals surface area contributed by atoms with E-state index in [-0.39, 0.29) is 11.5 Å². The molecule has 2 rings (SSSR count). The van der Waals surface area contributed by atoms with Crippen molar-refractivity contribution in [2.24, 2.45) is 5.92 Å². The predicted octanol–water partition coefficient (Wildman–Crippen LogP) is 2.72. The highest BCUT2D eigenvalue weighted by molar-refractivity contribution is 5.76. The molecule has 1 aliphatic rings. The van der Waals surface area contributed by atoms with Crippen molar-refractivity contribution in [3.8, 4) is 12.1 Å². The van der Waals surface area contributed by atoms with Crippen molar-refractivity contribution < 1.29 is 4.79 Å². The second-order valence-corrected chi connectivity index (χ2v) is 6.44. The Hall–Kier alpha value is -2.99. The predicted molar refractivity (Wildman–Crippen MR) is 97.6 cm³/mol. The van der Waals surface area contributed by atoms with E-state index in [2.05, 4.69) is 24.1 Å². The van der Waals surface area contributed by atoms with Crippen LogP contribution in [0, 0.1) is 28.6 Å². The quantitative estimate of drug-likeness (QED) is 0.835. The van der Waals surface area contributed by atoms with Gasteiger partial charge >= 0.3 is 0 Å². The molecule has 1 saturated heterocycles. The number of hydrogen-bond donors (Lipinski definition) is 1. The van der Waals surface area contributed by atoms with Gasteiger partial charge < -0.3 is 15.1 Å². The number of allylic oxidation sites excluding steroid dienone is 1. The second kappa shape index (κ2) is 8.75. The fourth-order valence-corrected chi connectivity index (χ4v) is 2.71. The van der Waals surface area contributed by atoms with Crippen molar-refractivity contribution in [2.45, 2.75) is 20.3 Å². The number of hydrogen-bond acceptors (Lipinski definition) is 5. The van der Waals surface area contributed by atoms with E-state index in [0.29, 0.717) is 12.3 Å². The van der Waals surface area contributed by atoms with E-state index >= 15 is 0 Å². The molecule has 130 valence electrons. The largest absolute Gasteiger partial charge is 0.368 e. The lowest BCUT2D eigenvalue weighted by Crippen LogP contribution is -2.49. The van der Waals surface area contributed by atoms with Crippen LogP contribution in [-0.2, 0) is 4.79 Å². The second-order valence-electron chi connectivity index (χ2n) is 6.44. The monoisotopic (exact) mass is 337 g/mol. The van der Waals surface area contributed by atoms with Gasteiger partial charge in [-0.3, -0.25) is 4.79 Å². The Kier molecular flexibility index (Phi) is 6.42. The van der Waals surface area contributed by atoms with Gasteiger partial charge in [0.1, 0.15) is 17.7 Å². The maximum Gasteiger partial charge on any atom is 0.222 e. The number of rotatable bonds is 5. The molecule has 0 aliphatic carbocycles. The summed E-state index contributed by atoms with van der Waals surface area (Å²) in [4.78, 5) is 16.3. The summed E-state index contributed by atoms with van der Waals surface area (Å²) in [5.74, 6) is 0.633. The molecule has 0 unspecified atom stereocenters. The zero-order valence-corrected chi connectivity index (χ0v) is 14.7. The van der Waals surface area contributed by atoms with Crippen LogP contribution in [0.15, 0.2) is 36.0 Å². The van der Waals surface area contributed by atoms with Gasteiger partial charge in [0.05, 0.1) is 0 Å². The van der Waals surface area contributed by atoms with Gasteiger partial charge in [-0.15, -0.1) is 0 Å². The van der Waals surface area contributed by atoms with Crippen LogP contribution in [-0.4, -0.2) is 37.0 Å². The van der Waals surface area contributed by atoms with Crippen LogP contribution in [0.4, 0.5) is 11.4 Å². The maximum absolute atomic E-state index is 12.1. The van der Waals surface area contributed by atoms with Gasteiger partial charge in [0.25, 0.3) is 0 Å². The minimum atomic E-state index is 0.0336. The molecule has 0 saturated carbocycles. The number of carbonyl (C=O) groups excluding carboxylic acids is 1. The third kappa shape index (κ3) is 5.26. The van der Waals surface area contributed by atoms with Crippen LogP contribution in [0.5, 0.6) is 0 Å². The van der Waals surface area contributed by atoms with E-state index in [1.807, 2.05) is 41.3 Å². The van der Waals surface area contributed by atoms with E-state index in [4.69, 9.17) is 10.5 Å². The number of nitriles is 2. The van der Waals surface area contributed by atoms with Crippen molar-refractivity contribution in [3.05, 3.63) is 36.0 Å². The van der Waals surface area contributed by atoms with Crippen molar-refractivity contribution in [1.82, 2.24) is 4.90 Å². The first-order chi connectivity index (χ1) is 12.0. The first-order valence-corrected chi connectivity index (χ1v) is 8.43. The number of anilines is 2. The molecule has 6 nitrogen and oxygen atoms in total. The normalized spacial score (nSPS) is 13.8. The molecule has 1 fully saturated rings. The molecule has 6 heteroatoms. The summed E-state index contributed by atoms with van der Waals surface area (Å²) in [6, 6.07) is 11.4. The van der Waals surface area contributed by atoms with Crippen molar-refractivity contribution in [2.75, 3.05) is 36.4 Å². The fraction of sp³-hybridized carbons (Fsp3) is 0.421. The molecule has 1 aromatic rings. The summed E-state index contributed by atoms with van der Waals surface area (Å²) < 4.78 is 0. The molecule has 1 amide bonds. The van der Waals surface area contributed by atoms with E-state index in [1.165, 1.54) is 6.20 Å². The number of piperazine rings is 1. The van der Waals surface area contributed by atoms with Crippen LogP contribution in [0.2, 0.25) is 0 Å². The minimum absolute atomic E-state index is 0.0336. The SMILES string of the molecule is CC(C)CC(=O)N1CCN(c2ccc(NC=C(C#N)C#N)cc2)CC1. The smallest absolute Gasteiger partial charge is 0.222 e. The Morgan fingerprint density at radius 3 is 2.28 bits per heavy atom. The first-order valence-electron chi connectivity index (χ1n) is 8.43. The zero-order chi connectivity index (χ0) is 18.2. The molecule has 1 aliphatic heterocycles. The minimum Gasteiger partial charge on any atom is -0.368 e. The number of nitrogens with zero attached hydrogens (tertiary/aromatic N) is 4. The topological polar surface area (TPSA) is 83.2 Å². The van der Waals surface area contributed by atoms with Crippen molar-refractivity contribution in [1.29, 1.82) is 10.5 Å². The van der Waals surface area contributed by atoms with Gasteiger partial charge in [0.2, 0.25) is 5.91 Å². The lowest BCUT2D eigenvalue weighted by molar-refractivity contribution is -0.132. The number of carbonyl (C=O) groups is 1. The molecule has 1 N–H and O–H groups in total. The number of nitrogens with one attached hydrogen (secondary N) is 1. The third-order valence-corrected chi connectivity index (χ3v) is 4.07. The van der Waals surface area contributed by atoms with Crippen LogP contribution < -0.4 is 10.2 Å². The van der Waals surface area contributed by atoms with Crippen molar-refractivity contribution in [3.63, 3.8) is 0 Å². The van der Waals surface area contributed by atoms with Gasteiger partial charge in [0, 0.05) is 50.2 Å². The van der Waals surface area contributed by atoms with E-state index in [0.717, 1.165) is 37.6 Å². The van der Waals surface area contributed by atoms with Crippen LogP contribution >= 0.6 is 0 Å². The summed E-state index contributed by atoms with van der Waals surface area (Å²) in [6.45, 7) is 7.28. The van der Waals surface area contributed by atoms with E-state index < -0.39 is 0 Å². The van der Waals surface area contributed by atoms with Crippen LogP contribution in [0.1, 0.15) is 20.3 Å². The van der Waals surface area contributed by atoms with Crippen molar-refractivity contribution >= 4 is 17.3 Å². The van der Waals surface area contributed by atoms with Crippen LogP contribution in [0.25, 0.3) is 0 Å². The molecule has 1 heterocycles. The Labute approximate surface area is 148 Å². The Balaban J connectivity index is 1.90. The van der Waals surface area contributed by atoms with Gasteiger partial charge in [-0.25, -0.2) is 0 Å². The van der Waals surface area contributed by atoms with E-state index in [9.17, 15) is 4.79 Å². The molecule has 0 spiro atoms. The lowest BCUT2D eigenvalue weighted by atomic mass is 10.1. The lowest BCUT2D eigenvalue weighted by Gasteiger charge is -2.36.